The number of nitrogen functional groups attached to an aromatic ring is 1. The second-order valence-electron chi connectivity index (χ2n) is 5.68. The molecular formula is C15H20N2O. The van der Waals surface area contributed by atoms with E-state index in [9.17, 15) is 4.79 Å². The summed E-state index contributed by atoms with van der Waals surface area (Å²) >= 11 is 0. The number of carbonyl (C=O) groups is 1. The molecule has 2 saturated carbocycles. The molecule has 0 radical (unpaired) electrons. The Hall–Kier alpha value is -1.51. The van der Waals surface area contributed by atoms with Gasteiger partial charge in [0, 0.05) is 11.6 Å². The fraction of sp³-hybridized carbons (Fsp3) is 0.533. The van der Waals surface area contributed by atoms with Crippen molar-refractivity contribution in [3.05, 3.63) is 29.8 Å². The molecule has 1 aromatic carbocycles. The van der Waals surface area contributed by atoms with Crippen molar-refractivity contribution in [3.63, 3.8) is 0 Å². The average Bonchev–Trinajstić information content (AvgIpc) is 2.83. The molecule has 3 rings (SSSR count). The number of carbonyl (C=O) groups excluding carboxylic acids is 1. The van der Waals surface area contributed by atoms with Crippen molar-refractivity contribution in [1.82, 2.24) is 5.32 Å². The standard InChI is InChI=1S/C15H20N2O/c1-9(10-4-2-5-11(16)8-10)17-15(18)14-12-6-3-7-13(12)14/h2,4-5,8-9,12-14H,3,6-7,16H2,1H3,(H,17,18). The molecule has 0 aromatic heterocycles. The molecule has 0 saturated heterocycles. The summed E-state index contributed by atoms with van der Waals surface area (Å²) < 4.78 is 0. The molecule has 3 heteroatoms. The van der Waals surface area contributed by atoms with Crippen molar-refractivity contribution in [3.8, 4) is 0 Å². The van der Waals surface area contributed by atoms with Crippen LogP contribution in [0.4, 0.5) is 5.69 Å². The van der Waals surface area contributed by atoms with Gasteiger partial charge >= 0.3 is 0 Å². The zero-order chi connectivity index (χ0) is 12.7. The second-order valence-corrected chi connectivity index (χ2v) is 5.68. The normalized spacial score (nSPS) is 30.6. The van der Waals surface area contributed by atoms with Gasteiger partial charge in [0.2, 0.25) is 5.91 Å². The summed E-state index contributed by atoms with van der Waals surface area (Å²) in [5, 5.41) is 3.12. The highest BCUT2D eigenvalue weighted by Crippen LogP contribution is 2.57. The van der Waals surface area contributed by atoms with Gasteiger partial charge in [-0.05, 0) is 49.3 Å². The van der Waals surface area contributed by atoms with E-state index in [1.165, 1.54) is 19.3 Å². The molecule has 2 aliphatic carbocycles. The summed E-state index contributed by atoms with van der Waals surface area (Å²) in [5.74, 6) is 1.89. The molecule has 1 aromatic rings. The molecule has 2 fully saturated rings. The number of fused-ring (bicyclic) bond motifs is 1. The van der Waals surface area contributed by atoms with Gasteiger partial charge in [-0.25, -0.2) is 0 Å². The first-order valence-electron chi connectivity index (χ1n) is 6.82. The second kappa shape index (κ2) is 4.30. The van der Waals surface area contributed by atoms with Crippen LogP contribution in [0.25, 0.3) is 0 Å². The number of benzene rings is 1. The summed E-state index contributed by atoms with van der Waals surface area (Å²) in [6.07, 6.45) is 3.80. The Kier molecular flexibility index (Phi) is 2.77. The van der Waals surface area contributed by atoms with Crippen LogP contribution in [0.5, 0.6) is 0 Å². The van der Waals surface area contributed by atoms with Crippen molar-refractivity contribution < 1.29 is 4.79 Å². The van der Waals surface area contributed by atoms with E-state index in [0.717, 1.165) is 11.3 Å². The van der Waals surface area contributed by atoms with Gasteiger partial charge < -0.3 is 11.1 Å². The molecule has 3 nitrogen and oxygen atoms in total. The van der Waals surface area contributed by atoms with E-state index in [1.54, 1.807) is 0 Å². The van der Waals surface area contributed by atoms with Crippen LogP contribution in [0.15, 0.2) is 24.3 Å². The molecule has 2 aliphatic rings. The van der Waals surface area contributed by atoms with E-state index < -0.39 is 0 Å². The van der Waals surface area contributed by atoms with Crippen molar-refractivity contribution >= 4 is 11.6 Å². The molecule has 0 spiro atoms. The van der Waals surface area contributed by atoms with Crippen molar-refractivity contribution in [1.29, 1.82) is 0 Å². The summed E-state index contributed by atoms with van der Waals surface area (Å²) in [5.41, 5.74) is 7.59. The largest absolute Gasteiger partial charge is 0.399 e. The third-order valence-electron chi connectivity index (χ3n) is 4.48. The minimum atomic E-state index is 0.0438. The zero-order valence-corrected chi connectivity index (χ0v) is 10.7. The first kappa shape index (κ1) is 11.6. The highest BCUT2D eigenvalue weighted by atomic mass is 16.2. The molecule has 18 heavy (non-hydrogen) atoms. The number of nitrogens with two attached hydrogens (primary N) is 1. The summed E-state index contributed by atoms with van der Waals surface area (Å²) in [6.45, 7) is 2.02. The smallest absolute Gasteiger partial charge is 0.224 e. The number of anilines is 1. The van der Waals surface area contributed by atoms with Crippen LogP contribution in [0.2, 0.25) is 0 Å². The number of nitrogens with one attached hydrogen (secondary N) is 1. The van der Waals surface area contributed by atoms with E-state index in [4.69, 9.17) is 5.73 Å². The molecule has 3 unspecified atom stereocenters. The van der Waals surface area contributed by atoms with Crippen LogP contribution in [-0.2, 0) is 4.79 Å². The highest BCUT2D eigenvalue weighted by molar-refractivity contribution is 5.82. The number of amides is 1. The fourth-order valence-corrected chi connectivity index (χ4v) is 3.43. The predicted octanol–water partition coefficient (Wildman–Crippen LogP) is 2.49. The van der Waals surface area contributed by atoms with Gasteiger partial charge in [-0.1, -0.05) is 18.6 Å². The Morgan fingerprint density at radius 3 is 2.78 bits per heavy atom. The van der Waals surface area contributed by atoms with E-state index in [0.29, 0.717) is 17.8 Å². The molecule has 96 valence electrons. The molecular weight excluding hydrogens is 224 g/mol. The Morgan fingerprint density at radius 2 is 2.11 bits per heavy atom. The van der Waals surface area contributed by atoms with Gasteiger partial charge in [0.05, 0.1) is 6.04 Å². The summed E-state index contributed by atoms with van der Waals surface area (Å²) in [7, 11) is 0. The maximum Gasteiger partial charge on any atom is 0.224 e. The van der Waals surface area contributed by atoms with Crippen LogP contribution in [0.3, 0.4) is 0 Å². The maximum absolute atomic E-state index is 12.1. The molecule has 0 aliphatic heterocycles. The van der Waals surface area contributed by atoms with E-state index in [2.05, 4.69) is 5.32 Å². The van der Waals surface area contributed by atoms with Gasteiger partial charge in [0.15, 0.2) is 0 Å². The highest BCUT2D eigenvalue weighted by Gasteiger charge is 2.56. The topological polar surface area (TPSA) is 55.1 Å². The van der Waals surface area contributed by atoms with Crippen LogP contribution < -0.4 is 11.1 Å². The maximum atomic E-state index is 12.1. The lowest BCUT2D eigenvalue weighted by atomic mass is 10.1. The number of rotatable bonds is 3. The van der Waals surface area contributed by atoms with E-state index >= 15 is 0 Å². The molecule has 1 amide bonds. The Morgan fingerprint density at radius 1 is 1.39 bits per heavy atom. The van der Waals surface area contributed by atoms with Crippen LogP contribution in [-0.4, -0.2) is 5.91 Å². The first-order valence-corrected chi connectivity index (χ1v) is 6.82. The Bertz CT molecular complexity index is 461. The van der Waals surface area contributed by atoms with Crippen LogP contribution in [0, 0.1) is 17.8 Å². The zero-order valence-electron chi connectivity index (χ0n) is 10.7. The minimum absolute atomic E-state index is 0.0438. The van der Waals surface area contributed by atoms with Gasteiger partial charge in [-0.15, -0.1) is 0 Å². The molecule has 3 N–H and O–H groups in total. The lowest BCUT2D eigenvalue weighted by molar-refractivity contribution is -0.123. The fourth-order valence-electron chi connectivity index (χ4n) is 3.43. The average molecular weight is 244 g/mol. The van der Waals surface area contributed by atoms with E-state index in [-0.39, 0.29) is 11.9 Å². The molecule has 0 bridgehead atoms. The lowest BCUT2D eigenvalue weighted by Crippen LogP contribution is -2.29. The summed E-state index contributed by atoms with van der Waals surface area (Å²) in [6, 6.07) is 7.78. The minimum Gasteiger partial charge on any atom is -0.399 e. The number of hydrogen-bond donors (Lipinski definition) is 2. The van der Waals surface area contributed by atoms with Crippen LogP contribution in [0.1, 0.15) is 37.8 Å². The monoisotopic (exact) mass is 244 g/mol. The quantitative estimate of drug-likeness (QED) is 0.803. The lowest BCUT2D eigenvalue weighted by Gasteiger charge is -2.15. The third kappa shape index (κ3) is 1.98. The van der Waals surface area contributed by atoms with Crippen molar-refractivity contribution in [2.24, 2.45) is 17.8 Å². The van der Waals surface area contributed by atoms with Gasteiger partial charge in [0.1, 0.15) is 0 Å². The third-order valence-corrected chi connectivity index (χ3v) is 4.48. The van der Waals surface area contributed by atoms with Gasteiger partial charge in [0.25, 0.3) is 0 Å². The molecule has 0 heterocycles. The first-order chi connectivity index (χ1) is 8.66. The van der Waals surface area contributed by atoms with E-state index in [1.807, 2.05) is 31.2 Å². The Labute approximate surface area is 108 Å². The van der Waals surface area contributed by atoms with Crippen molar-refractivity contribution in [2.75, 3.05) is 5.73 Å². The SMILES string of the molecule is CC(NC(=O)C1C2CCCC21)c1cccc(N)c1. The van der Waals surface area contributed by atoms with Crippen molar-refractivity contribution in [2.45, 2.75) is 32.2 Å². The van der Waals surface area contributed by atoms with Crippen LogP contribution >= 0.6 is 0 Å². The predicted molar refractivity (Wildman–Crippen MR) is 71.7 cm³/mol. The Balaban J connectivity index is 1.61. The molecule has 3 atom stereocenters. The number of hydrogen-bond acceptors (Lipinski definition) is 2. The van der Waals surface area contributed by atoms with Gasteiger partial charge in [-0.2, -0.15) is 0 Å². The summed E-state index contributed by atoms with van der Waals surface area (Å²) in [4.78, 5) is 12.1. The van der Waals surface area contributed by atoms with Gasteiger partial charge in [-0.3, -0.25) is 4.79 Å².